The van der Waals surface area contributed by atoms with Gasteiger partial charge in [-0.05, 0) is 31.5 Å². The summed E-state index contributed by atoms with van der Waals surface area (Å²) in [4.78, 5) is 18.6. The van der Waals surface area contributed by atoms with Crippen LogP contribution < -0.4 is 10.4 Å². The second-order valence-electron chi connectivity index (χ2n) is 7.46. The Morgan fingerprint density at radius 3 is 2.32 bits per heavy atom. The SMILES string of the molecule is Cc1csc(=Nc2c(C)n(C)n(-c3ccccc3)c2=O)n1N=CC(C)c1ccccc1. The van der Waals surface area contributed by atoms with E-state index in [1.807, 2.05) is 85.7 Å². The van der Waals surface area contributed by atoms with E-state index in [4.69, 9.17) is 4.99 Å². The molecule has 0 radical (unpaired) electrons. The lowest BCUT2D eigenvalue weighted by Crippen LogP contribution is -2.20. The quantitative estimate of drug-likeness (QED) is 0.429. The van der Waals surface area contributed by atoms with E-state index in [1.54, 1.807) is 9.36 Å². The van der Waals surface area contributed by atoms with Gasteiger partial charge in [0.1, 0.15) is 0 Å². The van der Waals surface area contributed by atoms with Gasteiger partial charge in [-0.25, -0.2) is 14.4 Å². The van der Waals surface area contributed by atoms with Crippen LogP contribution in [0.3, 0.4) is 0 Å². The monoisotopic (exact) mass is 431 g/mol. The Labute approximate surface area is 185 Å². The molecule has 4 aromatic rings. The Morgan fingerprint density at radius 1 is 1.00 bits per heavy atom. The molecule has 0 fully saturated rings. The van der Waals surface area contributed by atoms with Crippen LogP contribution in [0.4, 0.5) is 5.69 Å². The minimum Gasteiger partial charge on any atom is -0.283 e. The largest absolute Gasteiger partial charge is 0.297 e. The molecule has 1 atom stereocenters. The standard InChI is InChI=1S/C24H25N5OS/c1-17(20-11-7-5-8-12-20)15-25-28-18(2)16-31-24(28)26-22-19(3)27(4)29(23(22)30)21-13-9-6-10-14-21/h5-17H,1-4H3. The molecule has 0 amide bonds. The normalized spacial score (nSPS) is 13.2. The average Bonchev–Trinajstić information content (AvgIpc) is 3.24. The van der Waals surface area contributed by atoms with Gasteiger partial charge in [0.15, 0.2) is 5.69 Å². The molecule has 6 nitrogen and oxygen atoms in total. The van der Waals surface area contributed by atoms with Gasteiger partial charge < -0.3 is 0 Å². The van der Waals surface area contributed by atoms with Crippen LogP contribution in [0.1, 0.15) is 29.8 Å². The molecular weight excluding hydrogens is 406 g/mol. The molecule has 0 N–H and O–H groups in total. The van der Waals surface area contributed by atoms with E-state index in [2.05, 4.69) is 24.2 Å². The third kappa shape index (κ3) is 4.09. The van der Waals surface area contributed by atoms with E-state index in [-0.39, 0.29) is 11.5 Å². The van der Waals surface area contributed by atoms with Crippen molar-refractivity contribution in [1.29, 1.82) is 0 Å². The molecule has 2 aromatic heterocycles. The summed E-state index contributed by atoms with van der Waals surface area (Å²) in [6.07, 6.45) is 1.91. The fourth-order valence-corrected chi connectivity index (χ4v) is 4.20. The topological polar surface area (TPSA) is 56.6 Å². The number of hydrogen-bond donors (Lipinski definition) is 0. The minimum absolute atomic E-state index is 0.148. The molecule has 7 heteroatoms. The van der Waals surface area contributed by atoms with Gasteiger partial charge in [-0.3, -0.25) is 9.48 Å². The van der Waals surface area contributed by atoms with E-state index < -0.39 is 0 Å². The molecular formula is C24H25N5OS. The van der Waals surface area contributed by atoms with E-state index in [0.29, 0.717) is 10.5 Å². The van der Waals surface area contributed by atoms with Crippen molar-refractivity contribution in [2.75, 3.05) is 0 Å². The van der Waals surface area contributed by atoms with Crippen LogP contribution >= 0.6 is 11.3 Å². The Balaban J connectivity index is 1.77. The van der Waals surface area contributed by atoms with Gasteiger partial charge >= 0.3 is 0 Å². The van der Waals surface area contributed by atoms with Crippen LogP contribution in [0.15, 0.2) is 80.9 Å². The van der Waals surface area contributed by atoms with Crippen molar-refractivity contribution in [3.8, 4) is 5.69 Å². The summed E-state index contributed by atoms with van der Waals surface area (Å²) in [7, 11) is 1.87. The molecule has 31 heavy (non-hydrogen) atoms. The predicted molar refractivity (Wildman–Crippen MR) is 127 cm³/mol. The van der Waals surface area contributed by atoms with E-state index in [9.17, 15) is 4.79 Å². The van der Waals surface area contributed by atoms with Crippen LogP contribution in [0.25, 0.3) is 5.69 Å². The van der Waals surface area contributed by atoms with Gasteiger partial charge in [0.05, 0.1) is 17.1 Å². The summed E-state index contributed by atoms with van der Waals surface area (Å²) in [5, 5.41) is 6.67. The number of rotatable bonds is 5. The molecule has 158 valence electrons. The molecule has 2 aromatic carbocycles. The summed E-state index contributed by atoms with van der Waals surface area (Å²) < 4.78 is 5.27. The first-order valence-electron chi connectivity index (χ1n) is 10.1. The second kappa shape index (κ2) is 8.73. The number of thiazole rings is 1. The number of aryl methyl sites for hydroxylation is 1. The molecule has 2 heterocycles. The average molecular weight is 432 g/mol. The molecule has 0 spiro atoms. The maximum absolute atomic E-state index is 13.2. The van der Waals surface area contributed by atoms with Gasteiger partial charge in [0, 0.05) is 24.6 Å². The number of benzene rings is 2. The van der Waals surface area contributed by atoms with Crippen LogP contribution in [0.5, 0.6) is 0 Å². The Kier molecular flexibility index (Phi) is 5.86. The zero-order chi connectivity index (χ0) is 22.0. The van der Waals surface area contributed by atoms with Crippen LogP contribution in [0.2, 0.25) is 0 Å². The van der Waals surface area contributed by atoms with Crippen molar-refractivity contribution in [2.45, 2.75) is 26.7 Å². The van der Waals surface area contributed by atoms with Crippen molar-refractivity contribution in [1.82, 2.24) is 14.0 Å². The molecule has 4 rings (SSSR count). The van der Waals surface area contributed by atoms with Crippen LogP contribution in [-0.4, -0.2) is 20.3 Å². The lowest BCUT2D eigenvalue weighted by Gasteiger charge is -2.07. The fourth-order valence-electron chi connectivity index (χ4n) is 3.39. The van der Waals surface area contributed by atoms with Crippen molar-refractivity contribution in [3.05, 3.63) is 98.2 Å². The maximum atomic E-state index is 13.2. The lowest BCUT2D eigenvalue weighted by molar-refractivity contribution is 0.630. The van der Waals surface area contributed by atoms with E-state index in [1.165, 1.54) is 16.9 Å². The first kappa shape index (κ1) is 20.8. The van der Waals surface area contributed by atoms with Gasteiger partial charge in [-0.1, -0.05) is 55.5 Å². The van der Waals surface area contributed by atoms with Crippen molar-refractivity contribution >= 4 is 23.2 Å². The highest BCUT2D eigenvalue weighted by Gasteiger charge is 2.16. The van der Waals surface area contributed by atoms with Crippen molar-refractivity contribution in [2.24, 2.45) is 17.1 Å². The minimum atomic E-state index is -0.148. The van der Waals surface area contributed by atoms with Gasteiger partial charge in [-0.2, -0.15) is 5.10 Å². The number of para-hydroxylation sites is 1. The van der Waals surface area contributed by atoms with Crippen molar-refractivity contribution in [3.63, 3.8) is 0 Å². The highest BCUT2D eigenvalue weighted by molar-refractivity contribution is 7.07. The van der Waals surface area contributed by atoms with Crippen LogP contribution in [0, 0.1) is 13.8 Å². The van der Waals surface area contributed by atoms with E-state index >= 15 is 0 Å². The van der Waals surface area contributed by atoms with Crippen LogP contribution in [-0.2, 0) is 7.05 Å². The molecule has 0 aliphatic rings. The molecule has 0 bridgehead atoms. The fraction of sp³-hybridized carbons (Fsp3) is 0.208. The summed E-state index contributed by atoms with van der Waals surface area (Å²) >= 11 is 1.47. The first-order valence-corrected chi connectivity index (χ1v) is 11.0. The summed E-state index contributed by atoms with van der Waals surface area (Å²) in [6, 6.07) is 19.8. The lowest BCUT2D eigenvalue weighted by atomic mass is 10.0. The molecule has 0 aliphatic heterocycles. The first-order chi connectivity index (χ1) is 15.0. The van der Waals surface area contributed by atoms with Crippen molar-refractivity contribution < 1.29 is 0 Å². The van der Waals surface area contributed by atoms with Gasteiger partial charge in [0.25, 0.3) is 5.56 Å². The number of hydrogen-bond acceptors (Lipinski definition) is 4. The zero-order valence-corrected chi connectivity index (χ0v) is 18.9. The van der Waals surface area contributed by atoms with Gasteiger partial charge in [-0.15, -0.1) is 11.3 Å². The second-order valence-corrected chi connectivity index (χ2v) is 8.29. The van der Waals surface area contributed by atoms with E-state index in [0.717, 1.165) is 17.1 Å². The molecule has 1 unspecified atom stereocenters. The predicted octanol–water partition coefficient (Wildman–Crippen LogP) is 4.53. The summed E-state index contributed by atoms with van der Waals surface area (Å²) in [5.74, 6) is 0.162. The molecule has 0 aliphatic carbocycles. The summed E-state index contributed by atoms with van der Waals surface area (Å²) in [6.45, 7) is 6.00. The Hall–Kier alpha value is -3.45. The maximum Gasteiger partial charge on any atom is 0.297 e. The highest BCUT2D eigenvalue weighted by atomic mass is 32.1. The molecule has 0 saturated carbocycles. The smallest absolute Gasteiger partial charge is 0.283 e. The Bertz CT molecular complexity index is 1340. The zero-order valence-electron chi connectivity index (χ0n) is 18.1. The van der Waals surface area contributed by atoms with Gasteiger partial charge in [0.2, 0.25) is 4.80 Å². The Morgan fingerprint density at radius 2 is 1.65 bits per heavy atom. The third-order valence-corrected chi connectivity index (χ3v) is 6.25. The summed E-state index contributed by atoms with van der Waals surface area (Å²) in [5.41, 5.74) is 4.05. The molecule has 0 saturated heterocycles. The number of nitrogens with zero attached hydrogens (tertiary/aromatic N) is 5. The highest BCUT2D eigenvalue weighted by Crippen LogP contribution is 2.17. The number of aromatic nitrogens is 3. The third-order valence-electron chi connectivity index (χ3n) is 5.31.